The van der Waals surface area contributed by atoms with Gasteiger partial charge >= 0.3 is 0 Å². The third-order valence-corrected chi connectivity index (χ3v) is 5.74. The molecule has 1 amide bonds. The number of rotatable bonds is 4. The summed E-state index contributed by atoms with van der Waals surface area (Å²) in [5.41, 5.74) is 0.549. The Morgan fingerprint density at radius 1 is 1.29 bits per heavy atom. The van der Waals surface area contributed by atoms with Crippen molar-refractivity contribution in [1.82, 2.24) is 9.62 Å². The van der Waals surface area contributed by atoms with Gasteiger partial charge in [0.1, 0.15) is 0 Å². The summed E-state index contributed by atoms with van der Waals surface area (Å²) in [5.74, 6) is -0.374. The first-order chi connectivity index (χ1) is 9.95. The fourth-order valence-electron chi connectivity index (χ4n) is 2.50. The van der Waals surface area contributed by atoms with Crippen molar-refractivity contribution in [1.29, 1.82) is 0 Å². The van der Waals surface area contributed by atoms with Crippen molar-refractivity contribution in [2.45, 2.75) is 24.2 Å². The molecule has 1 aromatic carbocycles. The van der Waals surface area contributed by atoms with Crippen LogP contribution in [-0.4, -0.2) is 49.7 Å². The van der Waals surface area contributed by atoms with E-state index in [1.54, 1.807) is 24.3 Å². The zero-order valence-corrected chi connectivity index (χ0v) is 12.7. The van der Waals surface area contributed by atoms with Crippen LogP contribution in [0, 0.1) is 0 Å². The fraction of sp³-hybridized carbons (Fsp3) is 0.500. The van der Waals surface area contributed by atoms with Crippen molar-refractivity contribution in [3.05, 3.63) is 35.9 Å². The van der Waals surface area contributed by atoms with Crippen molar-refractivity contribution in [3.63, 3.8) is 0 Å². The van der Waals surface area contributed by atoms with Crippen LogP contribution >= 0.6 is 0 Å². The monoisotopic (exact) mass is 312 g/mol. The van der Waals surface area contributed by atoms with Gasteiger partial charge in [-0.2, -0.15) is 0 Å². The molecule has 1 fully saturated rings. The normalized spacial score (nSPS) is 18.5. The van der Waals surface area contributed by atoms with Gasteiger partial charge in [0.2, 0.25) is 10.0 Å². The Labute approximate surface area is 124 Å². The van der Waals surface area contributed by atoms with Crippen LogP contribution in [0.3, 0.4) is 0 Å². The standard InChI is InChI=1S/C14H20N2O4S/c1-15-21(19,20)12-7-9-16(10-8-12)14(18)13(17)11-5-3-2-4-6-11/h2-6,12-13,15,17H,7-10H2,1H3. The van der Waals surface area contributed by atoms with Crippen molar-refractivity contribution >= 4 is 15.9 Å². The molecule has 1 atom stereocenters. The lowest BCUT2D eigenvalue weighted by Gasteiger charge is -2.32. The quantitative estimate of drug-likeness (QED) is 0.835. The van der Waals surface area contributed by atoms with Gasteiger partial charge in [0.25, 0.3) is 5.91 Å². The first kappa shape index (κ1) is 15.9. The van der Waals surface area contributed by atoms with Gasteiger partial charge in [0, 0.05) is 13.1 Å². The van der Waals surface area contributed by atoms with Crippen LogP contribution < -0.4 is 4.72 Å². The van der Waals surface area contributed by atoms with Crippen LogP contribution in [0.4, 0.5) is 0 Å². The zero-order valence-electron chi connectivity index (χ0n) is 11.9. The van der Waals surface area contributed by atoms with E-state index in [2.05, 4.69) is 4.72 Å². The Hall–Kier alpha value is -1.44. The Morgan fingerprint density at radius 3 is 2.38 bits per heavy atom. The number of sulfonamides is 1. The molecule has 0 aliphatic carbocycles. The van der Waals surface area contributed by atoms with E-state index in [1.807, 2.05) is 6.07 Å². The van der Waals surface area contributed by atoms with Gasteiger partial charge in [-0.1, -0.05) is 30.3 Å². The molecule has 0 bridgehead atoms. The first-order valence-electron chi connectivity index (χ1n) is 6.90. The first-order valence-corrected chi connectivity index (χ1v) is 8.44. The number of carbonyl (C=O) groups excluding carboxylic acids is 1. The second kappa shape index (κ2) is 6.55. The summed E-state index contributed by atoms with van der Waals surface area (Å²) in [6.45, 7) is 0.683. The van der Waals surface area contributed by atoms with E-state index in [4.69, 9.17) is 0 Å². The van der Waals surface area contributed by atoms with Gasteiger partial charge in [0.05, 0.1) is 5.25 Å². The Kier molecular flexibility index (Phi) is 4.97. The molecule has 1 heterocycles. The second-order valence-electron chi connectivity index (χ2n) is 5.09. The minimum absolute atomic E-state index is 0.342. The van der Waals surface area contributed by atoms with Crippen molar-refractivity contribution < 1.29 is 18.3 Å². The molecule has 2 N–H and O–H groups in total. The van der Waals surface area contributed by atoms with E-state index in [9.17, 15) is 18.3 Å². The van der Waals surface area contributed by atoms with Crippen molar-refractivity contribution in [2.75, 3.05) is 20.1 Å². The Morgan fingerprint density at radius 2 is 1.86 bits per heavy atom. The fourth-order valence-corrected chi connectivity index (χ4v) is 3.67. The number of piperidine rings is 1. The van der Waals surface area contributed by atoms with Crippen LogP contribution in [0.2, 0.25) is 0 Å². The number of aliphatic hydroxyl groups is 1. The van der Waals surface area contributed by atoms with Gasteiger partial charge < -0.3 is 10.0 Å². The zero-order chi connectivity index (χ0) is 15.5. The summed E-state index contributed by atoms with van der Waals surface area (Å²) in [7, 11) is -1.90. The number of nitrogens with zero attached hydrogens (tertiary/aromatic N) is 1. The number of nitrogens with one attached hydrogen (secondary N) is 1. The van der Waals surface area contributed by atoms with E-state index in [0.717, 1.165) is 0 Å². The molecule has 6 nitrogen and oxygen atoms in total. The third-order valence-electron chi connectivity index (χ3n) is 3.83. The number of hydrogen-bond acceptors (Lipinski definition) is 4. The maximum Gasteiger partial charge on any atom is 0.256 e. The molecule has 0 saturated carbocycles. The number of benzene rings is 1. The van der Waals surface area contributed by atoms with Crippen LogP contribution in [0.15, 0.2) is 30.3 Å². The van der Waals surface area contributed by atoms with Crippen LogP contribution in [0.25, 0.3) is 0 Å². The van der Waals surface area contributed by atoms with E-state index >= 15 is 0 Å². The highest BCUT2D eigenvalue weighted by molar-refractivity contribution is 7.90. The highest BCUT2D eigenvalue weighted by Gasteiger charge is 2.32. The number of hydrogen-bond donors (Lipinski definition) is 2. The second-order valence-corrected chi connectivity index (χ2v) is 7.25. The highest BCUT2D eigenvalue weighted by atomic mass is 32.2. The van der Waals surface area contributed by atoms with E-state index in [1.165, 1.54) is 11.9 Å². The molecule has 0 spiro atoms. The minimum atomic E-state index is -3.29. The lowest BCUT2D eigenvalue weighted by molar-refractivity contribution is -0.141. The van der Waals surface area contributed by atoms with Gasteiger partial charge in [-0.05, 0) is 25.5 Å². The molecule has 0 aromatic heterocycles. The summed E-state index contributed by atoms with van der Waals surface area (Å²) in [4.78, 5) is 13.8. The SMILES string of the molecule is CNS(=O)(=O)C1CCN(C(=O)C(O)c2ccccc2)CC1. The number of likely N-dealkylation sites (tertiary alicyclic amines) is 1. The van der Waals surface area contributed by atoms with Crippen LogP contribution in [-0.2, 0) is 14.8 Å². The van der Waals surface area contributed by atoms with E-state index < -0.39 is 21.4 Å². The highest BCUT2D eigenvalue weighted by Crippen LogP contribution is 2.21. The molecule has 0 radical (unpaired) electrons. The average Bonchev–Trinajstić information content (AvgIpc) is 2.54. The van der Waals surface area contributed by atoms with Crippen molar-refractivity contribution in [2.24, 2.45) is 0 Å². The summed E-state index contributed by atoms with van der Waals surface area (Å²) in [6, 6.07) is 8.73. The minimum Gasteiger partial charge on any atom is -0.378 e. The van der Waals surface area contributed by atoms with Gasteiger partial charge in [0.15, 0.2) is 6.10 Å². The molecule has 1 unspecified atom stereocenters. The maximum atomic E-state index is 12.2. The molecule has 1 aromatic rings. The van der Waals surface area contributed by atoms with Gasteiger partial charge in [-0.15, -0.1) is 0 Å². The predicted molar refractivity (Wildman–Crippen MR) is 79.0 cm³/mol. The molecule has 7 heteroatoms. The summed E-state index contributed by atoms with van der Waals surface area (Å²) < 4.78 is 25.8. The summed E-state index contributed by atoms with van der Waals surface area (Å²) in [6.07, 6.45) is -0.420. The van der Waals surface area contributed by atoms with Crippen LogP contribution in [0.5, 0.6) is 0 Å². The molecule has 1 saturated heterocycles. The molecule has 21 heavy (non-hydrogen) atoms. The van der Waals surface area contributed by atoms with E-state index in [-0.39, 0.29) is 5.91 Å². The molecule has 1 aliphatic heterocycles. The lowest BCUT2D eigenvalue weighted by Crippen LogP contribution is -2.46. The molecular formula is C14H20N2O4S. The Balaban J connectivity index is 1.98. The largest absolute Gasteiger partial charge is 0.378 e. The number of carbonyl (C=O) groups is 1. The van der Waals surface area contributed by atoms with E-state index in [0.29, 0.717) is 31.5 Å². The lowest BCUT2D eigenvalue weighted by atomic mass is 10.1. The predicted octanol–water partition coefficient (Wildman–Crippen LogP) is 0.260. The number of amides is 1. The third kappa shape index (κ3) is 3.61. The van der Waals surface area contributed by atoms with Gasteiger partial charge in [-0.25, -0.2) is 13.1 Å². The van der Waals surface area contributed by atoms with Gasteiger partial charge in [-0.3, -0.25) is 4.79 Å². The topological polar surface area (TPSA) is 86.7 Å². The molecular weight excluding hydrogens is 292 g/mol. The smallest absolute Gasteiger partial charge is 0.256 e. The average molecular weight is 312 g/mol. The molecule has 116 valence electrons. The summed E-state index contributed by atoms with van der Waals surface area (Å²) >= 11 is 0. The maximum absolute atomic E-state index is 12.2. The summed E-state index contributed by atoms with van der Waals surface area (Å²) in [5, 5.41) is 9.62. The number of aliphatic hydroxyl groups excluding tert-OH is 1. The molecule has 1 aliphatic rings. The molecule has 2 rings (SSSR count). The Bertz CT molecular complexity index is 580. The van der Waals surface area contributed by atoms with Crippen LogP contribution in [0.1, 0.15) is 24.5 Å². The van der Waals surface area contributed by atoms with Crippen molar-refractivity contribution in [3.8, 4) is 0 Å².